The highest BCUT2D eigenvalue weighted by atomic mass is 35.5. The predicted molar refractivity (Wildman–Crippen MR) is 73.6 cm³/mol. The number of carbonyl (C=O) groups is 1. The number of benzene rings is 1. The maximum Gasteiger partial charge on any atom is 0.236 e. The van der Waals surface area contributed by atoms with Crippen LogP contribution in [-0.4, -0.2) is 30.2 Å². The number of rotatable bonds is 3. The van der Waals surface area contributed by atoms with E-state index >= 15 is 0 Å². The molecule has 1 amide bonds. The molecule has 18 heavy (non-hydrogen) atoms. The largest absolute Gasteiger partial charge is 0.495 e. The first kappa shape index (κ1) is 12.9. The summed E-state index contributed by atoms with van der Waals surface area (Å²) in [5.74, 6) is 0.919. The number of halogens is 1. The molecular formula is C11H10ClN3O2S. The Hall–Kier alpha value is -1.53. The van der Waals surface area contributed by atoms with E-state index in [1.54, 1.807) is 31.5 Å². The van der Waals surface area contributed by atoms with Gasteiger partial charge in [-0.15, -0.1) is 5.10 Å². The van der Waals surface area contributed by atoms with Crippen LogP contribution >= 0.6 is 23.4 Å². The Morgan fingerprint density at radius 2 is 2.39 bits per heavy atom. The lowest BCUT2D eigenvalue weighted by atomic mass is 10.2. The summed E-state index contributed by atoms with van der Waals surface area (Å²) in [5.41, 5.74) is 0.815. The number of nitrogens with zero attached hydrogens (tertiary/aromatic N) is 2. The molecule has 0 saturated carbocycles. The molecule has 1 heterocycles. The number of amides is 1. The summed E-state index contributed by atoms with van der Waals surface area (Å²) in [7, 11) is 1.55. The van der Waals surface area contributed by atoms with Crippen molar-refractivity contribution in [1.29, 1.82) is 0 Å². The van der Waals surface area contributed by atoms with Crippen molar-refractivity contribution in [3.63, 3.8) is 0 Å². The summed E-state index contributed by atoms with van der Waals surface area (Å²) >= 11 is 7.23. The van der Waals surface area contributed by atoms with Crippen molar-refractivity contribution in [2.24, 2.45) is 10.2 Å². The van der Waals surface area contributed by atoms with E-state index in [2.05, 4.69) is 15.5 Å². The molecule has 94 valence electrons. The molecule has 5 nitrogen and oxygen atoms in total. The molecule has 1 aliphatic heterocycles. The second kappa shape index (κ2) is 5.88. The fraction of sp³-hybridized carbons (Fsp3) is 0.182. The summed E-state index contributed by atoms with van der Waals surface area (Å²) in [4.78, 5) is 10.9. The van der Waals surface area contributed by atoms with E-state index in [-0.39, 0.29) is 5.91 Å². The van der Waals surface area contributed by atoms with E-state index in [9.17, 15) is 4.79 Å². The highest BCUT2D eigenvalue weighted by Crippen LogP contribution is 2.24. The Morgan fingerprint density at radius 1 is 1.56 bits per heavy atom. The van der Waals surface area contributed by atoms with Crippen molar-refractivity contribution in [1.82, 2.24) is 5.32 Å². The molecule has 0 spiro atoms. The molecule has 1 saturated heterocycles. The van der Waals surface area contributed by atoms with Gasteiger partial charge in [0, 0.05) is 0 Å². The van der Waals surface area contributed by atoms with Gasteiger partial charge >= 0.3 is 0 Å². The normalized spacial score (nSPS) is 17.4. The van der Waals surface area contributed by atoms with Crippen LogP contribution in [0.4, 0.5) is 0 Å². The van der Waals surface area contributed by atoms with Gasteiger partial charge in [-0.2, -0.15) is 5.10 Å². The number of hydrogen-bond donors (Lipinski definition) is 1. The monoisotopic (exact) mass is 283 g/mol. The summed E-state index contributed by atoms with van der Waals surface area (Å²) in [6, 6.07) is 5.28. The molecule has 2 rings (SSSR count). The van der Waals surface area contributed by atoms with Gasteiger partial charge in [-0.1, -0.05) is 29.4 Å². The Morgan fingerprint density at radius 3 is 3.06 bits per heavy atom. The Bertz CT molecular complexity index is 531. The van der Waals surface area contributed by atoms with Crippen LogP contribution in [0.15, 0.2) is 28.4 Å². The number of nitrogens with one attached hydrogen (secondary N) is 1. The molecular weight excluding hydrogens is 274 g/mol. The lowest BCUT2D eigenvalue weighted by Gasteiger charge is -2.02. The third-order valence-electron chi connectivity index (χ3n) is 2.12. The molecule has 1 N–H and O–H groups in total. The second-order valence-electron chi connectivity index (χ2n) is 3.38. The van der Waals surface area contributed by atoms with E-state index in [4.69, 9.17) is 16.3 Å². The SMILES string of the molecule is COc1cc(C=NN=C2NC(=O)CS2)ccc1Cl. The van der Waals surface area contributed by atoms with Gasteiger partial charge < -0.3 is 10.1 Å². The fourth-order valence-corrected chi connectivity index (χ4v) is 2.11. The van der Waals surface area contributed by atoms with Crippen molar-refractivity contribution in [2.45, 2.75) is 0 Å². The zero-order valence-corrected chi connectivity index (χ0v) is 11.1. The van der Waals surface area contributed by atoms with Crippen LogP contribution in [0.5, 0.6) is 5.75 Å². The topological polar surface area (TPSA) is 63.1 Å². The minimum absolute atomic E-state index is 0.0536. The molecule has 0 aromatic heterocycles. The summed E-state index contributed by atoms with van der Waals surface area (Å²) in [5, 5.41) is 11.4. The van der Waals surface area contributed by atoms with Gasteiger partial charge in [-0.05, 0) is 17.7 Å². The summed E-state index contributed by atoms with van der Waals surface area (Å²) in [6.45, 7) is 0. The van der Waals surface area contributed by atoms with E-state index in [1.807, 2.05) is 0 Å². The first-order valence-electron chi connectivity index (χ1n) is 5.06. The molecule has 1 aromatic carbocycles. The van der Waals surface area contributed by atoms with Crippen molar-refractivity contribution in [2.75, 3.05) is 12.9 Å². The van der Waals surface area contributed by atoms with E-state index in [0.717, 1.165) is 5.56 Å². The van der Waals surface area contributed by atoms with Gasteiger partial charge in [0.15, 0.2) is 5.17 Å². The first-order chi connectivity index (χ1) is 8.69. The fourth-order valence-electron chi connectivity index (χ4n) is 1.28. The zero-order chi connectivity index (χ0) is 13.0. The molecule has 0 atom stereocenters. The number of amidine groups is 1. The average molecular weight is 284 g/mol. The van der Waals surface area contributed by atoms with Crippen LogP contribution in [0.2, 0.25) is 5.02 Å². The first-order valence-corrected chi connectivity index (χ1v) is 6.42. The quantitative estimate of drug-likeness (QED) is 0.681. The van der Waals surface area contributed by atoms with Crippen LogP contribution in [0.3, 0.4) is 0 Å². The standard InChI is InChI=1S/C11H10ClN3O2S/c1-17-9-4-7(2-3-8(9)12)5-13-15-11-14-10(16)6-18-11/h2-5H,6H2,1H3,(H,14,15,16). The minimum atomic E-state index is -0.0536. The predicted octanol–water partition coefficient (Wildman–Crippen LogP) is 1.90. The minimum Gasteiger partial charge on any atom is -0.495 e. The van der Waals surface area contributed by atoms with Gasteiger partial charge in [-0.3, -0.25) is 4.79 Å². The van der Waals surface area contributed by atoms with Crippen LogP contribution < -0.4 is 10.1 Å². The molecule has 0 aliphatic carbocycles. The number of hydrogen-bond acceptors (Lipinski definition) is 5. The van der Waals surface area contributed by atoms with Crippen molar-refractivity contribution in [3.05, 3.63) is 28.8 Å². The van der Waals surface area contributed by atoms with Crippen LogP contribution in [-0.2, 0) is 4.79 Å². The van der Waals surface area contributed by atoms with Gasteiger partial charge in [0.05, 0.1) is 24.1 Å². The molecule has 0 unspecified atom stereocenters. The van der Waals surface area contributed by atoms with Crippen molar-refractivity contribution < 1.29 is 9.53 Å². The van der Waals surface area contributed by atoms with Crippen LogP contribution in [0, 0.1) is 0 Å². The highest BCUT2D eigenvalue weighted by molar-refractivity contribution is 8.15. The Kier molecular flexibility index (Phi) is 4.22. The lowest BCUT2D eigenvalue weighted by Crippen LogP contribution is -2.19. The number of thioether (sulfide) groups is 1. The van der Waals surface area contributed by atoms with E-state index in [1.165, 1.54) is 11.8 Å². The van der Waals surface area contributed by atoms with Crippen molar-refractivity contribution >= 4 is 40.7 Å². The van der Waals surface area contributed by atoms with Gasteiger partial charge in [0.25, 0.3) is 0 Å². The summed E-state index contributed by atoms with van der Waals surface area (Å²) < 4.78 is 5.09. The number of carbonyl (C=O) groups excluding carboxylic acids is 1. The molecule has 1 aromatic rings. The maximum atomic E-state index is 10.9. The highest BCUT2D eigenvalue weighted by Gasteiger charge is 2.15. The smallest absolute Gasteiger partial charge is 0.236 e. The summed E-state index contributed by atoms with van der Waals surface area (Å²) in [6.07, 6.45) is 1.57. The van der Waals surface area contributed by atoms with Crippen LogP contribution in [0.1, 0.15) is 5.56 Å². The van der Waals surface area contributed by atoms with Gasteiger partial charge in [0.2, 0.25) is 5.91 Å². The van der Waals surface area contributed by atoms with Crippen LogP contribution in [0.25, 0.3) is 0 Å². The molecule has 1 aliphatic rings. The van der Waals surface area contributed by atoms with Crippen molar-refractivity contribution in [3.8, 4) is 5.75 Å². The molecule has 0 radical (unpaired) electrons. The average Bonchev–Trinajstić information content (AvgIpc) is 2.77. The number of methoxy groups -OCH3 is 1. The molecule has 0 bridgehead atoms. The Labute approximate surface area is 113 Å². The second-order valence-corrected chi connectivity index (χ2v) is 4.75. The zero-order valence-electron chi connectivity index (χ0n) is 9.51. The number of ether oxygens (including phenoxy) is 1. The lowest BCUT2D eigenvalue weighted by molar-refractivity contribution is -0.116. The third kappa shape index (κ3) is 3.24. The van der Waals surface area contributed by atoms with Gasteiger partial charge in [0.1, 0.15) is 5.75 Å². The van der Waals surface area contributed by atoms with E-state index in [0.29, 0.717) is 21.7 Å². The van der Waals surface area contributed by atoms with Gasteiger partial charge in [-0.25, -0.2) is 0 Å². The molecule has 7 heteroatoms. The Balaban J connectivity index is 2.07. The van der Waals surface area contributed by atoms with E-state index < -0.39 is 0 Å². The third-order valence-corrected chi connectivity index (χ3v) is 3.29. The molecule has 1 fully saturated rings. The maximum absolute atomic E-state index is 10.9.